The molecule has 0 aliphatic carbocycles. The summed E-state index contributed by atoms with van der Waals surface area (Å²) in [5.74, 6) is -0.666. The number of rotatable bonds is 5. The smallest absolute Gasteiger partial charge is 0.274 e. The summed E-state index contributed by atoms with van der Waals surface area (Å²) in [5.41, 5.74) is 3.69. The maximum atomic E-state index is 13.2. The summed E-state index contributed by atoms with van der Waals surface area (Å²) in [4.78, 5) is 20.9. The molecule has 0 aliphatic rings. The number of anilines is 3. The lowest BCUT2D eigenvalue weighted by molar-refractivity contribution is 0.102. The summed E-state index contributed by atoms with van der Waals surface area (Å²) in [5, 5.41) is 5.77. The van der Waals surface area contributed by atoms with Crippen molar-refractivity contribution in [1.29, 1.82) is 0 Å². The summed E-state index contributed by atoms with van der Waals surface area (Å²) in [7, 11) is 0. The van der Waals surface area contributed by atoms with Gasteiger partial charge in [-0.05, 0) is 48.7 Å². The summed E-state index contributed by atoms with van der Waals surface area (Å²) >= 11 is 5.74. The van der Waals surface area contributed by atoms with Crippen LogP contribution in [-0.4, -0.2) is 15.9 Å². The first-order chi connectivity index (χ1) is 13.0. The zero-order chi connectivity index (χ0) is 19.4. The van der Waals surface area contributed by atoms with Crippen molar-refractivity contribution in [2.24, 2.45) is 0 Å². The SMILES string of the molecule is CCc1cccc(C)c1Nc1nccc(C(=O)Nc2ccc(F)c(Cl)c2)n1. The molecule has 0 atom stereocenters. The van der Waals surface area contributed by atoms with Crippen molar-refractivity contribution in [3.05, 3.63) is 76.3 Å². The van der Waals surface area contributed by atoms with E-state index in [4.69, 9.17) is 11.6 Å². The number of carbonyl (C=O) groups excluding carboxylic acids is 1. The first-order valence-corrected chi connectivity index (χ1v) is 8.80. The highest BCUT2D eigenvalue weighted by atomic mass is 35.5. The van der Waals surface area contributed by atoms with E-state index < -0.39 is 11.7 Å². The average molecular weight is 385 g/mol. The van der Waals surface area contributed by atoms with Crippen LogP contribution in [0.15, 0.2) is 48.7 Å². The molecule has 0 aliphatic heterocycles. The van der Waals surface area contributed by atoms with Crippen molar-refractivity contribution >= 4 is 34.8 Å². The van der Waals surface area contributed by atoms with Gasteiger partial charge in [-0.3, -0.25) is 4.79 Å². The molecule has 27 heavy (non-hydrogen) atoms. The Morgan fingerprint density at radius 3 is 2.78 bits per heavy atom. The van der Waals surface area contributed by atoms with E-state index >= 15 is 0 Å². The number of carbonyl (C=O) groups is 1. The molecule has 1 heterocycles. The van der Waals surface area contributed by atoms with Gasteiger partial charge < -0.3 is 10.6 Å². The van der Waals surface area contributed by atoms with Crippen molar-refractivity contribution in [3.63, 3.8) is 0 Å². The van der Waals surface area contributed by atoms with Gasteiger partial charge in [0, 0.05) is 17.6 Å². The van der Waals surface area contributed by atoms with E-state index in [-0.39, 0.29) is 10.7 Å². The molecule has 5 nitrogen and oxygen atoms in total. The fraction of sp³-hybridized carbons (Fsp3) is 0.150. The Bertz CT molecular complexity index is 993. The predicted octanol–water partition coefficient (Wildman–Crippen LogP) is 5.14. The summed E-state index contributed by atoms with van der Waals surface area (Å²) in [6.45, 7) is 4.06. The first kappa shape index (κ1) is 18.8. The molecule has 1 amide bonds. The third kappa shape index (κ3) is 4.41. The van der Waals surface area contributed by atoms with Gasteiger partial charge in [0.05, 0.1) is 5.02 Å². The number of aromatic nitrogens is 2. The highest BCUT2D eigenvalue weighted by molar-refractivity contribution is 6.31. The number of hydrogen-bond donors (Lipinski definition) is 2. The predicted molar refractivity (Wildman–Crippen MR) is 105 cm³/mol. The highest BCUT2D eigenvalue weighted by Crippen LogP contribution is 2.24. The normalized spacial score (nSPS) is 10.5. The van der Waals surface area contributed by atoms with E-state index in [1.165, 1.54) is 30.5 Å². The monoisotopic (exact) mass is 384 g/mol. The van der Waals surface area contributed by atoms with E-state index in [9.17, 15) is 9.18 Å². The molecule has 138 valence electrons. The van der Waals surface area contributed by atoms with Crippen LogP contribution in [0.4, 0.5) is 21.7 Å². The number of hydrogen-bond acceptors (Lipinski definition) is 4. The number of nitrogens with zero attached hydrogens (tertiary/aromatic N) is 2. The molecular weight excluding hydrogens is 367 g/mol. The Balaban J connectivity index is 1.81. The van der Waals surface area contributed by atoms with Crippen LogP contribution in [0.25, 0.3) is 0 Å². The highest BCUT2D eigenvalue weighted by Gasteiger charge is 2.12. The molecule has 0 saturated carbocycles. The quantitative estimate of drug-likeness (QED) is 0.639. The lowest BCUT2D eigenvalue weighted by Gasteiger charge is -2.13. The van der Waals surface area contributed by atoms with Gasteiger partial charge in [0.15, 0.2) is 0 Å². The van der Waals surface area contributed by atoms with Crippen LogP contribution >= 0.6 is 11.6 Å². The van der Waals surface area contributed by atoms with Crippen LogP contribution in [0, 0.1) is 12.7 Å². The number of aryl methyl sites for hydroxylation is 2. The number of halogens is 2. The molecule has 0 saturated heterocycles. The van der Waals surface area contributed by atoms with Crippen LogP contribution in [0.1, 0.15) is 28.5 Å². The maximum Gasteiger partial charge on any atom is 0.274 e. The van der Waals surface area contributed by atoms with E-state index in [2.05, 4.69) is 27.5 Å². The van der Waals surface area contributed by atoms with E-state index in [0.29, 0.717) is 11.6 Å². The second-order valence-corrected chi connectivity index (χ2v) is 6.34. The molecule has 1 aromatic heterocycles. The van der Waals surface area contributed by atoms with Gasteiger partial charge >= 0.3 is 0 Å². The molecule has 2 aromatic carbocycles. The van der Waals surface area contributed by atoms with Crippen molar-refractivity contribution in [1.82, 2.24) is 9.97 Å². The molecule has 3 aromatic rings. The van der Waals surface area contributed by atoms with Gasteiger partial charge in [-0.15, -0.1) is 0 Å². The maximum absolute atomic E-state index is 13.2. The van der Waals surface area contributed by atoms with Crippen LogP contribution in [0.5, 0.6) is 0 Å². The molecular formula is C20H18ClFN4O. The van der Waals surface area contributed by atoms with Crippen molar-refractivity contribution in [2.75, 3.05) is 10.6 Å². The Morgan fingerprint density at radius 2 is 2.04 bits per heavy atom. The minimum absolute atomic E-state index is 0.0653. The van der Waals surface area contributed by atoms with Gasteiger partial charge in [-0.25, -0.2) is 14.4 Å². The molecule has 0 radical (unpaired) electrons. The van der Waals surface area contributed by atoms with Gasteiger partial charge in [0.25, 0.3) is 5.91 Å². The lowest BCUT2D eigenvalue weighted by atomic mass is 10.1. The third-order valence-electron chi connectivity index (χ3n) is 4.04. The second kappa shape index (κ2) is 8.14. The molecule has 2 N–H and O–H groups in total. The number of nitrogens with one attached hydrogen (secondary N) is 2. The third-order valence-corrected chi connectivity index (χ3v) is 4.33. The molecule has 0 fully saturated rings. The minimum Gasteiger partial charge on any atom is -0.324 e. The Morgan fingerprint density at radius 1 is 1.22 bits per heavy atom. The van der Waals surface area contributed by atoms with Crippen molar-refractivity contribution in [3.8, 4) is 0 Å². The van der Waals surface area contributed by atoms with Crippen LogP contribution in [0.3, 0.4) is 0 Å². The van der Waals surface area contributed by atoms with Gasteiger partial charge in [-0.1, -0.05) is 36.7 Å². The zero-order valence-electron chi connectivity index (χ0n) is 14.9. The summed E-state index contributed by atoms with van der Waals surface area (Å²) in [6, 6.07) is 11.5. The zero-order valence-corrected chi connectivity index (χ0v) is 15.6. The number of amides is 1. The number of benzene rings is 2. The largest absolute Gasteiger partial charge is 0.324 e. The number of para-hydroxylation sites is 1. The van der Waals surface area contributed by atoms with Crippen molar-refractivity contribution < 1.29 is 9.18 Å². The van der Waals surface area contributed by atoms with Crippen LogP contribution in [-0.2, 0) is 6.42 Å². The second-order valence-electron chi connectivity index (χ2n) is 5.94. The van der Waals surface area contributed by atoms with E-state index in [0.717, 1.165) is 23.2 Å². The summed E-state index contributed by atoms with van der Waals surface area (Å²) in [6.07, 6.45) is 2.36. The van der Waals surface area contributed by atoms with Crippen molar-refractivity contribution in [2.45, 2.75) is 20.3 Å². The minimum atomic E-state index is -0.548. The van der Waals surface area contributed by atoms with E-state index in [1.807, 2.05) is 25.1 Å². The van der Waals surface area contributed by atoms with E-state index in [1.54, 1.807) is 0 Å². The fourth-order valence-corrected chi connectivity index (χ4v) is 2.81. The molecule has 0 unspecified atom stereocenters. The standard InChI is InChI=1S/C20H18ClFN4O/c1-3-13-6-4-5-12(2)18(13)26-20-23-10-9-17(25-20)19(27)24-14-7-8-16(22)15(21)11-14/h4-11H,3H2,1-2H3,(H,24,27)(H,23,25,26). The first-order valence-electron chi connectivity index (χ1n) is 8.43. The molecule has 0 spiro atoms. The van der Waals surface area contributed by atoms with Crippen LogP contribution < -0.4 is 10.6 Å². The van der Waals surface area contributed by atoms with Gasteiger partial charge in [0.2, 0.25) is 5.95 Å². The molecule has 0 bridgehead atoms. The van der Waals surface area contributed by atoms with Crippen LogP contribution in [0.2, 0.25) is 5.02 Å². The topological polar surface area (TPSA) is 66.9 Å². The summed E-state index contributed by atoms with van der Waals surface area (Å²) < 4.78 is 13.2. The Labute approximate surface area is 161 Å². The Hall–Kier alpha value is -2.99. The average Bonchev–Trinajstić information content (AvgIpc) is 2.66. The fourth-order valence-electron chi connectivity index (χ4n) is 2.63. The molecule has 3 rings (SSSR count). The van der Waals surface area contributed by atoms with Gasteiger partial charge in [0.1, 0.15) is 11.5 Å². The molecule has 7 heteroatoms. The van der Waals surface area contributed by atoms with Gasteiger partial charge in [-0.2, -0.15) is 0 Å². The Kier molecular flexibility index (Phi) is 5.66. The lowest BCUT2D eigenvalue weighted by Crippen LogP contribution is -2.15.